The lowest BCUT2D eigenvalue weighted by molar-refractivity contribution is -0.137. The Hall–Kier alpha value is -2.33. The van der Waals surface area contributed by atoms with Crippen LogP contribution in [0.15, 0.2) is 45.7 Å². The zero-order chi connectivity index (χ0) is 19.5. The highest BCUT2D eigenvalue weighted by atomic mass is 32.2. The van der Waals surface area contributed by atoms with Gasteiger partial charge in [-0.2, -0.15) is 13.2 Å². The number of carbonyl (C=O) groups is 1. The molecule has 0 aliphatic heterocycles. The first-order chi connectivity index (χ1) is 12.0. The fraction of sp³-hybridized carbons (Fsp3) is 0.312. The molecule has 1 heterocycles. The van der Waals surface area contributed by atoms with Gasteiger partial charge in [0.25, 0.3) is 0 Å². The number of carbonyl (C=O) groups excluding carboxylic acids is 1. The van der Waals surface area contributed by atoms with Crippen molar-refractivity contribution in [1.82, 2.24) is 10.0 Å². The maximum absolute atomic E-state index is 12.7. The molecule has 0 spiro atoms. The monoisotopic (exact) mass is 390 g/mol. The predicted octanol–water partition coefficient (Wildman–Crippen LogP) is 2.76. The second-order valence-corrected chi connectivity index (χ2v) is 7.35. The first-order valence-electron chi connectivity index (χ1n) is 7.51. The maximum Gasteiger partial charge on any atom is 0.416 e. The number of aryl methyl sites for hydroxylation is 1. The second kappa shape index (κ2) is 7.50. The minimum Gasteiger partial charge on any atom is -0.464 e. The Morgan fingerprint density at radius 3 is 2.50 bits per heavy atom. The quantitative estimate of drug-likeness (QED) is 0.794. The second-order valence-electron chi connectivity index (χ2n) is 5.59. The number of furan rings is 1. The van der Waals surface area contributed by atoms with Crippen molar-refractivity contribution in [3.05, 3.63) is 53.5 Å². The van der Waals surface area contributed by atoms with Crippen molar-refractivity contribution in [2.24, 2.45) is 0 Å². The molecular weight excluding hydrogens is 373 g/mol. The normalized spacial score (nSPS) is 13.4. The minimum atomic E-state index is -4.67. The Kier molecular flexibility index (Phi) is 5.77. The van der Waals surface area contributed by atoms with Crippen LogP contribution in [0, 0.1) is 6.92 Å². The van der Waals surface area contributed by atoms with E-state index < -0.39 is 45.2 Å². The highest BCUT2D eigenvalue weighted by Crippen LogP contribution is 2.30. The summed E-state index contributed by atoms with van der Waals surface area (Å²) in [7, 11) is -4.27. The highest BCUT2D eigenvalue weighted by molar-refractivity contribution is 7.89. The zero-order valence-corrected chi connectivity index (χ0v) is 14.7. The van der Waals surface area contributed by atoms with Gasteiger partial charge in [0.1, 0.15) is 11.5 Å². The van der Waals surface area contributed by atoms with Crippen LogP contribution in [0.4, 0.5) is 13.2 Å². The van der Waals surface area contributed by atoms with Gasteiger partial charge in [0, 0.05) is 0 Å². The van der Waals surface area contributed by atoms with E-state index in [1.54, 1.807) is 26.0 Å². The van der Waals surface area contributed by atoms with Gasteiger partial charge in [-0.1, -0.05) is 6.07 Å². The van der Waals surface area contributed by atoms with Crippen LogP contribution in [0.2, 0.25) is 0 Å². The van der Waals surface area contributed by atoms with Gasteiger partial charge < -0.3 is 9.73 Å². The summed E-state index contributed by atoms with van der Waals surface area (Å²) < 4.78 is 69.6. The first kappa shape index (κ1) is 20.0. The molecular formula is C16H17F3N2O4S. The molecule has 0 saturated heterocycles. The van der Waals surface area contributed by atoms with E-state index in [1.165, 1.54) is 0 Å². The number of alkyl halides is 3. The van der Waals surface area contributed by atoms with Crippen LogP contribution in [0.25, 0.3) is 0 Å². The van der Waals surface area contributed by atoms with Crippen LogP contribution in [0.1, 0.15) is 30.0 Å². The molecule has 0 radical (unpaired) electrons. The van der Waals surface area contributed by atoms with Crippen molar-refractivity contribution < 1.29 is 30.8 Å². The largest absolute Gasteiger partial charge is 0.464 e. The van der Waals surface area contributed by atoms with E-state index >= 15 is 0 Å². The number of halogens is 3. The summed E-state index contributed by atoms with van der Waals surface area (Å²) >= 11 is 0. The molecule has 1 atom stereocenters. The number of hydrogen-bond acceptors (Lipinski definition) is 4. The lowest BCUT2D eigenvalue weighted by Crippen LogP contribution is -2.38. The Labute approximate surface area is 148 Å². The molecule has 1 unspecified atom stereocenters. The van der Waals surface area contributed by atoms with E-state index in [0.717, 1.165) is 18.2 Å². The van der Waals surface area contributed by atoms with Crippen molar-refractivity contribution in [2.45, 2.75) is 31.0 Å². The zero-order valence-electron chi connectivity index (χ0n) is 13.9. The number of amides is 1. The Bertz CT molecular complexity index is 891. The molecule has 6 nitrogen and oxygen atoms in total. The lowest BCUT2D eigenvalue weighted by Gasteiger charge is -2.13. The molecule has 2 rings (SSSR count). The van der Waals surface area contributed by atoms with Gasteiger partial charge in [-0.3, -0.25) is 4.79 Å². The Morgan fingerprint density at radius 2 is 1.92 bits per heavy atom. The summed E-state index contributed by atoms with van der Waals surface area (Å²) in [5.74, 6) is 0.505. The van der Waals surface area contributed by atoms with Crippen molar-refractivity contribution >= 4 is 15.9 Å². The smallest absolute Gasteiger partial charge is 0.416 e. The van der Waals surface area contributed by atoms with Gasteiger partial charge in [-0.05, 0) is 44.2 Å². The molecule has 0 saturated carbocycles. The number of hydrogen-bond donors (Lipinski definition) is 2. The van der Waals surface area contributed by atoms with Crippen molar-refractivity contribution in [3.8, 4) is 0 Å². The third-order valence-electron chi connectivity index (χ3n) is 3.46. The fourth-order valence-corrected chi connectivity index (χ4v) is 3.16. The first-order valence-corrected chi connectivity index (χ1v) is 9.00. The third kappa shape index (κ3) is 5.09. The lowest BCUT2D eigenvalue weighted by atomic mass is 10.2. The molecule has 10 heteroatoms. The molecule has 2 aromatic rings. The van der Waals surface area contributed by atoms with Gasteiger partial charge in [0.2, 0.25) is 15.9 Å². The van der Waals surface area contributed by atoms with Crippen LogP contribution in [0.5, 0.6) is 0 Å². The van der Waals surface area contributed by atoms with E-state index in [2.05, 4.69) is 5.32 Å². The van der Waals surface area contributed by atoms with Gasteiger partial charge in [-0.15, -0.1) is 0 Å². The Balaban J connectivity index is 2.00. The number of benzene rings is 1. The van der Waals surface area contributed by atoms with Crippen LogP contribution >= 0.6 is 0 Å². The van der Waals surface area contributed by atoms with Crippen LogP contribution in [-0.4, -0.2) is 20.9 Å². The summed E-state index contributed by atoms with van der Waals surface area (Å²) in [6.45, 7) is 2.77. The van der Waals surface area contributed by atoms with E-state index in [-0.39, 0.29) is 0 Å². The van der Waals surface area contributed by atoms with Gasteiger partial charge in [-0.25, -0.2) is 13.1 Å². The van der Waals surface area contributed by atoms with Crippen molar-refractivity contribution in [1.29, 1.82) is 0 Å². The van der Waals surface area contributed by atoms with Gasteiger partial charge >= 0.3 is 6.18 Å². The SMILES string of the molecule is Cc1ccc(C(C)NC(=O)CNS(=O)(=O)c2cccc(C(F)(F)F)c2)o1. The molecule has 1 aromatic heterocycles. The fourth-order valence-electron chi connectivity index (χ4n) is 2.13. The molecule has 2 N–H and O–H groups in total. The number of sulfonamides is 1. The molecule has 142 valence electrons. The molecule has 0 aliphatic rings. The minimum absolute atomic E-state index is 0.491. The van der Waals surface area contributed by atoms with Gasteiger partial charge in [0.05, 0.1) is 23.0 Å². The van der Waals surface area contributed by atoms with Crippen molar-refractivity contribution in [3.63, 3.8) is 0 Å². The predicted molar refractivity (Wildman–Crippen MR) is 86.6 cm³/mol. The average molecular weight is 390 g/mol. The van der Waals surface area contributed by atoms with E-state index in [4.69, 9.17) is 4.42 Å². The molecule has 0 aliphatic carbocycles. The topological polar surface area (TPSA) is 88.4 Å². The number of nitrogens with one attached hydrogen (secondary N) is 2. The van der Waals surface area contributed by atoms with Gasteiger partial charge in [0.15, 0.2) is 0 Å². The van der Waals surface area contributed by atoms with Crippen molar-refractivity contribution in [2.75, 3.05) is 6.54 Å². The summed E-state index contributed by atoms with van der Waals surface area (Å²) in [5, 5.41) is 2.53. The number of rotatable bonds is 6. The molecule has 0 bridgehead atoms. The average Bonchev–Trinajstić information content (AvgIpc) is 2.99. The summed E-state index contributed by atoms with van der Waals surface area (Å²) in [6.07, 6.45) is -4.67. The maximum atomic E-state index is 12.7. The third-order valence-corrected chi connectivity index (χ3v) is 4.86. The van der Waals surface area contributed by atoms with Crippen LogP contribution in [-0.2, 0) is 21.0 Å². The standard InChI is InChI=1S/C16H17F3N2O4S/c1-10-6-7-14(25-10)11(2)21-15(22)9-20-26(23,24)13-5-3-4-12(8-13)16(17,18)19/h3-8,11,20H,9H2,1-2H3,(H,21,22). The highest BCUT2D eigenvalue weighted by Gasteiger charge is 2.31. The summed E-state index contributed by atoms with van der Waals surface area (Å²) in [6, 6.07) is 6.17. The summed E-state index contributed by atoms with van der Waals surface area (Å²) in [5.41, 5.74) is -1.09. The molecule has 1 amide bonds. The van der Waals surface area contributed by atoms with E-state index in [0.29, 0.717) is 17.6 Å². The Morgan fingerprint density at radius 1 is 1.23 bits per heavy atom. The van der Waals surface area contributed by atoms with E-state index in [9.17, 15) is 26.4 Å². The van der Waals surface area contributed by atoms with Crippen LogP contribution in [0.3, 0.4) is 0 Å². The molecule has 0 fully saturated rings. The molecule has 26 heavy (non-hydrogen) atoms. The van der Waals surface area contributed by atoms with Crippen LogP contribution < -0.4 is 10.0 Å². The molecule has 1 aromatic carbocycles. The summed E-state index contributed by atoms with van der Waals surface area (Å²) in [4.78, 5) is 11.3. The van der Waals surface area contributed by atoms with E-state index in [1.807, 2.05) is 4.72 Å².